The first-order valence-electron chi connectivity index (χ1n) is 10.8. The van der Waals surface area contributed by atoms with Crippen molar-refractivity contribution in [2.24, 2.45) is 5.92 Å². The lowest BCUT2D eigenvalue weighted by molar-refractivity contribution is 0.0854. The number of aromatic nitrogens is 4. The zero-order valence-electron chi connectivity index (χ0n) is 17.9. The van der Waals surface area contributed by atoms with Gasteiger partial charge in [0.2, 0.25) is 5.95 Å². The third kappa shape index (κ3) is 4.85. The summed E-state index contributed by atoms with van der Waals surface area (Å²) in [5.41, 5.74) is 1.49. The van der Waals surface area contributed by atoms with Crippen LogP contribution in [0.1, 0.15) is 39.5 Å². The van der Waals surface area contributed by atoms with Crippen LogP contribution in [0.2, 0.25) is 0 Å². The Bertz CT molecular complexity index is 1070. The molecule has 1 N–H and O–H groups in total. The molecule has 0 aliphatic heterocycles. The Morgan fingerprint density at radius 1 is 1.16 bits per heavy atom. The van der Waals surface area contributed by atoms with E-state index in [9.17, 15) is 9.18 Å². The van der Waals surface area contributed by atoms with Crippen LogP contribution in [0.3, 0.4) is 0 Å². The molecule has 0 radical (unpaired) electrons. The Labute approximate surface area is 180 Å². The van der Waals surface area contributed by atoms with Gasteiger partial charge >= 0.3 is 5.69 Å². The third-order valence-electron chi connectivity index (χ3n) is 5.74. The van der Waals surface area contributed by atoms with Gasteiger partial charge in [-0.1, -0.05) is 6.92 Å². The highest BCUT2D eigenvalue weighted by atomic mass is 19.1. The van der Waals surface area contributed by atoms with Gasteiger partial charge in [0.05, 0.1) is 17.1 Å². The summed E-state index contributed by atoms with van der Waals surface area (Å²) in [4.78, 5) is 22.1. The summed E-state index contributed by atoms with van der Waals surface area (Å²) < 4.78 is 21.9. The van der Waals surface area contributed by atoms with Crippen LogP contribution in [-0.2, 0) is 11.5 Å². The molecular formula is C23H28FN5O2. The van der Waals surface area contributed by atoms with Gasteiger partial charge < -0.3 is 10.1 Å². The highest BCUT2D eigenvalue weighted by Gasteiger charge is 2.20. The van der Waals surface area contributed by atoms with E-state index in [4.69, 9.17) is 4.74 Å². The summed E-state index contributed by atoms with van der Waals surface area (Å²) in [6.07, 6.45) is 7.99. The number of imidazole rings is 1. The summed E-state index contributed by atoms with van der Waals surface area (Å²) in [6, 6.07) is 7.95. The van der Waals surface area contributed by atoms with E-state index < -0.39 is 0 Å². The highest BCUT2D eigenvalue weighted by molar-refractivity contribution is 5.59. The van der Waals surface area contributed by atoms with E-state index in [1.807, 2.05) is 6.92 Å². The molecule has 1 aromatic carbocycles. The zero-order valence-corrected chi connectivity index (χ0v) is 17.9. The number of nitrogens with one attached hydrogen (secondary N) is 1. The average Bonchev–Trinajstić information content (AvgIpc) is 3.11. The van der Waals surface area contributed by atoms with Crippen molar-refractivity contribution in [2.75, 3.05) is 11.9 Å². The lowest BCUT2D eigenvalue weighted by atomic mass is 9.87. The molecule has 0 amide bonds. The van der Waals surface area contributed by atoms with Crippen molar-refractivity contribution >= 4 is 5.95 Å². The first kappa shape index (κ1) is 21.2. The molecule has 2 heterocycles. The second-order valence-electron chi connectivity index (χ2n) is 8.07. The quantitative estimate of drug-likeness (QED) is 0.614. The van der Waals surface area contributed by atoms with E-state index >= 15 is 0 Å². The minimum atomic E-state index is -0.359. The second kappa shape index (κ2) is 9.43. The number of hydrogen-bond acceptors (Lipinski definition) is 5. The van der Waals surface area contributed by atoms with E-state index in [-0.39, 0.29) is 18.2 Å². The number of anilines is 1. The van der Waals surface area contributed by atoms with Gasteiger partial charge in [-0.05, 0) is 68.9 Å². The van der Waals surface area contributed by atoms with Crippen molar-refractivity contribution < 1.29 is 9.13 Å². The fourth-order valence-corrected chi connectivity index (χ4v) is 3.95. The van der Waals surface area contributed by atoms with E-state index in [1.54, 1.807) is 30.6 Å². The molecule has 31 heavy (non-hydrogen) atoms. The lowest BCUT2D eigenvalue weighted by Crippen LogP contribution is -2.26. The maximum Gasteiger partial charge on any atom is 0.335 e. The molecule has 0 bridgehead atoms. The van der Waals surface area contributed by atoms with E-state index in [1.165, 1.54) is 34.1 Å². The van der Waals surface area contributed by atoms with Gasteiger partial charge in [-0.2, -0.15) is 0 Å². The van der Waals surface area contributed by atoms with Crippen molar-refractivity contribution in [1.82, 2.24) is 19.1 Å². The van der Waals surface area contributed by atoms with Crippen LogP contribution in [0.25, 0.3) is 17.1 Å². The molecule has 0 spiro atoms. The Balaban J connectivity index is 1.69. The summed E-state index contributed by atoms with van der Waals surface area (Å²) in [6.45, 7) is 4.78. The number of ether oxygens (including phenoxy) is 1. The van der Waals surface area contributed by atoms with Crippen molar-refractivity contribution in [2.45, 2.75) is 52.3 Å². The molecule has 1 aliphatic rings. The van der Waals surface area contributed by atoms with E-state index in [0.717, 1.165) is 18.8 Å². The molecule has 1 saturated carbocycles. The SMILES string of the molecule is CCOCn1cc(-c2ccnc(NC3CCC(C)CC3)n2)n(-c2ccc(F)cc2)c1=O. The van der Waals surface area contributed by atoms with Crippen molar-refractivity contribution in [3.05, 3.63) is 59.0 Å². The third-order valence-corrected chi connectivity index (χ3v) is 5.74. The topological polar surface area (TPSA) is 74.0 Å². The van der Waals surface area contributed by atoms with Crippen LogP contribution in [0.5, 0.6) is 0 Å². The standard InChI is InChI=1S/C23H28FN5O2/c1-3-31-15-28-14-21(29(23(28)30)19-10-6-17(24)7-11-19)20-12-13-25-22(27-20)26-18-8-4-16(2)5-9-18/h6-7,10-14,16,18H,3-5,8-9,15H2,1-2H3,(H,25,26,27). The van der Waals surface area contributed by atoms with Gasteiger partial charge in [0.25, 0.3) is 0 Å². The van der Waals surface area contributed by atoms with Crippen molar-refractivity contribution in [3.63, 3.8) is 0 Å². The van der Waals surface area contributed by atoms with Gasteiger partial charge in [0.1, 0.15) is 12.5 Å². The predicted molar refractivity (Wildman–Crippen MR) is 118 cm³/mol. The van der Waals surface area contributed by atoms with Crippen LogP contribution >= 0.6 is 0 Å². The first-order chi connectivity index (χ1) is 15.0. The molecule has 8 heteroatoms. The van der Waals surface area contributed by atoms with Crippen LogP contribution in [0.15, 0.2) is 47.5 Å². The van der Waals surface area contributed by atoms with Gasteiger partial charge in [0, 0.05) is 25.0 Å². The summed E-state index contributed by atoms with van der Waals surface area (Å²) in [5, 5.41) is 3.44. The molecule has 164 valence electrons. The van der Waals surface area contributed by atoms with Crippen molar-refractivity contribution in [3.8, 4) is 17.1 Å². The molecule has 2 aromatic heterocycles. The van der Waals surface area contributed by atoms with Crippen LogP contribution in [-0.4, -0.2) is 31.8 Å². The maximum atomic E-state index is 13.5. The number of halogens is 1. The van der Waals surface area contributed by atoms with Crippen LogP contribution in [0, 0.1) is 11.7 Å². The molecule has 1 aliphatic carbocycles. The van der Waals surface area contributed by atoms with Gasteiger partial charge in [-0.15, -0.1) is 0 Å². The minimum Gasteiger partial charge on any atom is -0.361 e. The predicted octanol–water partition coefficient (Wildman–Crippen LogP) is 4.22. The molecule has 3 aromatic rings. The molecule has 4 rings (SSSR count). The summed E-state index contributed by atoms with van der Waals surface area (Å²) in [7, 11) is 0. The first-order valence-corrected chi connectivity index (χ1v) is 10.8. The monoisotopic (exact) mass is 425 g/mol. The van der Waals surface area contributed by atoms with Crippen LogP contribution < -0.4 is 11.0 Å². The van der Waals surface area contributed by atoms with Gasteiger partial charge in [-0.3, -0.25) is 9.13 Å². The number of nitrogens with zero attached hydrogens (tertiary/aromatic N) is 4. The molecule has 1 fully saturated rings. The summed E-state index contributed by atoms with van der Waals surface area (Å²) in [5.74, 6) is 0.954. The molecule has 0 saturated heterocycles. The van der Waals surface area contributed by atoms with Crippen LogP contribution in [0.4, 0.5) is 10.3 Å². The smallest absolute Gasteiger partial charge is 0.335 e. The Morgan fingerprint density at radius 2 is 1.90 bits per heavy atom. The molecule has 0 unspecified atom stereocenters. The highest BCUT2D eigenvalue weighted by Crippen LogP contribution is 2.26. The number of benzene rings is 1. The van der Waals surface area contributed by atoms with E-state index in [0.29, 0.717) is 35.7 Å². The Kier molecular flexibility index (Phi) is 6.46. The summed E-state index contributed by atoms with van der Waals surface area (Å²) >= 11 is 0. The largest absolute Gasteiger partial charge is 0.361 e. The normalized spacial score (nSPS) is 18.8. The Hall–Kier alpha value is -3.00. The second-order valence-corrected chi connectivity index (χ2v) is 8.07. The van der Waals surface area contributed by atoms with Crippen molar-refractivity contribution in [1.29, 1.82) is 0 Å². The number of hydrogen-bond donors (Lipinski definition) is 1. The van der Waals surface area contributed by atoms with Gasteiger partial charge in [-0.25, -0.2) is 19.2 Å². The Morgan fingerprint density at radius 3 is 2.61 bits per heavy atom. The van der Waals surface area contributed by atoms with Gasteiger partial charge in [0.15, 0.2) is 0 Å². The molecular weight excluding hydrogens is 397 g/mol. The van der Waals surface area contributed by atoms with E-state index in [2.05, 4.69) is 22.2 Å². The molecule has 7 nitrogen and oxygen atoms in total. The zero-order chi connectivity index (χ0) is 21.8. The average molecular weight is 426 g/mol. The molecule has 0 atom stereocenters. The fourth-order valence-electron chi connectivity index (χ4n) is 3.95. The lowest BCUT2D eigenvalue weighted by Gasteiger charge is -2.26. The number of rotatable bonds is 7. The maximum absolute atomic E-state index is 13.5. The minimum absolute atomic E-state index is 0.132. The fraction of sp³-hybridized carbons (Fsp3) is 0.435.